The summed E-state index contributed by atoms with van der Waals surface area (Å²) < 4.78 is 5.60. The molecule has 0 saturated heterocycles. The molecule has 0 amide bonds. The first-order valence-electron chi connectivity index (χ1n) is 6.69. The molecule has 3 nitrogen and oxygen atoms in total. The number of nitrogens with two attached hydrogens (primary N) is 1. The van der Waals surface area contributed by atoms with E-state index in [2.05, 4.69) is 11.5 Å². The molecule has 0 bridgehead atoms. The van der Waals surface area contributed by atoms with Crippen molar-refractivity contribution in [2.75, 3.05) is 6.61 Å². The molecule has 3 N–H and O–H groups in total. The SMILES string of the molecule is NNC(CC1CCCCCC1)C1=CCCO1. The predicted molar refractivity (Wildman–Crippen MR) is 65.6 cm³/mol. The number of hydrogen-bond acceptors (Lipinski definition) is 3. The average molecular weight is 224 g/mol. The molecule has 0 aromatic heterocycles. The summed E-state index contributed by atoms with van der Waals surface area (Å²) in [6.07, 6.45) is 12.7. The summed E-state index contributed by atoms with van der Waals surface area (Å²) in [5.74, 6) is 7.54. The molecular weight excluding hydrogens is 200 g/mol. The second-order valence-electron chi connectivity index (χ2n) is 5.06. The molecule has 3 heteroatoms. The first kappa shape index (κ1) is 11.9. The maximum Gasteiger partial charge on any atom is 0.110 e. The Hall–Kier alpha value is -0.540. The van der Waals surface area contributed by atoms with Gasteiger partial charge in [-0.25, -0.2) is 5.43 Å². The molecule has 2 aliphatic rings. The number of ether oxygens (including phenoxy) is 1. The molecule has 1 saturated carbocycles. The van der Waals surface area contributed by atoms with Crippen LogP contribution in [0.4, 0.5) is 0 Å². The quantitative estimate of drug-likeness (QED) is 0.438. The first-order valence-corrected chi connectivity index (χ1v) is 6.69. The zero-order valence-electron chi connectivity index (χ0n) is 10.1. The van der Waals surface area contributed by atoms with E-state index in [1.807, 2.05) is 0 Å². The second kappa shape index (κ2) is 6.26. The Morgan fingerprint density at radius 2 is 2.06 bits per heavy atom. The molecule has 1 unspecified atom stereocenters. The molecule has 2 rings (SSSR count). The van der Waals surface area contributed by atoms with Crippen LogP contribution in [-0.2, 0) is 4.74 Å². The van der Waals surface area contributed by atoms with E-state index in [1.165, 1.54) is 38.5 Å². The van der Waals surface area contributed by atoms with Crippen LogP contribution in [-0.4, -0.2) is 12.6 Å². The Labute approximate surface area is 98.4 Å². The van der Waals surface area contributed by atoms with Gasteiger partial charge in [0.15, 0.2) is 0 Å². The maximum atomic E-state index is 5.64. The van der Waals surface area contributed by atoms with Crippen LogP contribution in [0.5, 0.6) is 0 Å². The Morgan fingerprint density at radius 1 is 1.31 bits per heavy atom. The number of rotatable bonds is 4. The summed E-state index contributed by atoms with van der Waals surface area (Å²) in [6.45, 7) is 0.832. The molecule has 1 fully saturated rings. The van der Waals surface area contributed by atoms with Gasteiger partial charge in [-0.2, -0.15) is 0 Å². The fourth-order valence-corrected chi connectivity index (χ4v) is 2.88. The zero-order chi connectivity index (χ0) is 11.2. The molecule has 16 heavy (non-hydrogen) atoms. The second-order valence-corrected chi connectivity index (χ2v) is 5.06. The highest BCUT2D eigenvalue weighted by Crippen LogP contribution is 2.28. The summed E-state index contributed by atoms with van der Waals surface area (Å²) in [4.78, 5) is 0. The molecule has 1 aliphatic heterocycles. The van der Waals surface area contributed by atoms with Gasteiger partial charge in [-0.3, -0.25) is 5.84 Å². The smallest absolute Gasteiger partial charge is 0.110 e. The fraction of sp³-hybridized carbons (Fsp3) is 0.846. The van der Waals surface area contributed by atoms with Crippen LogP contribution in [0, 0.1) is 5.92 Å². The monoisotopic (exact) mass is 224 g/mol. The normalized spacial score (nSPS) is 24.7. The molecule has 1 atom stereocenters. The standard InChI is InChI=1S/C13H24N2O/c14-15-12(13-8-5-9-16-13)10-11-6-3-1-2-4-7-11/h8,11-12,15H,1-7,9-10,14H2. The Balaban J connectivity index is 1.84. The molecule has 0 spiro atoms. The van der Waals surface area contributed by atoms with E-state index in [9.17, 15) is 0 Å². The van der Waals surface area contributed by atoms with Crippen molar-refractivity contribution in [3.8, 4) is 0 Å². The van der Waals surface area contributed by atoms with Crippen molar-refractivity contribution < 1.29 is 4.74 Å². The van der Waals surface area contributed by atoms with Crippen molar-refractivity contribution >= 4 is 0 Å². The van der Waals surface area contributed by atoms with Gasteiger partial charge in [0, 0.05) is 6.42 Å². The van der Waals surface area contributed by atoms with Gasteiger partial charge in [-0.1, -0.05) is 38.5 Å². The first-order chi connectivity index (χ1) is 7.90. The van der Waals surface area contributed by atoms with E-state index < -0.39 is 0 Å². The summed E-state index contributed by atoms with van der Waals surface area (Å²) in [7, 11) is 0. The minimum absolute atomic E-state index is 0.241. The third-order valence-corrected chi connectivity index (χ3v) is 3.82. The minimum atomic E-state index is 0.241. The third-order valence-electron chi connectivity index (χ3n) is 3.82. The summed E-state index contributed by atoms with van der Waals surface area (Å²) in [5, 5.41) is 0. The number of nitrogens with one attached hydrogen (secondary N) is 1. The van der Waals surface area contributed by atoms with Gasteiger partial charge in [-0.15, -0.1) is 0 Å². The Morgan fingerprint density at radius 3 is 2.62 bits per heavy atom. The molecule has 1 heterocycles. The lowest BCUT2D eigenvalue weighted by molar-refractivity contribution is 0.201. The fourth-order valence-electron chi connectivity index (χ4n) is 2.88. The van der Waals surface area contributed by atoms with Crippen molar-refractivity contribution in [2.24, 2.45) is 11.8 Å². The number of hydrogen-bond donors (Lipinski definition) is 2. The van der Waals surface area contributed by atoms with Crippen LogP contribution in [0.3, 0.4) is 0 Å². The van der Waals surface area contributed by atoms with Crippen molar-refractivity contribution in [1.82, 2.24) is 5.43 Å². The van der Waals surface area contributed by atoms with Gasteiger partial charge in [0.2, 0.25) is 0 Å². The van der Waals surface area contributed by atoms with E-state index in [0.29, 0.717) is 0 Å². The van der Waals surface area contributed by atoms with Gasteiger partial charge in [0.1, 0.15) is 5.76 Å². The van der Waals surface area contributed by atoms with E-state index in [0.717, 1.165) is 31.1 Å². The summed E-state index contributed by atoms with van der Waals surface area (Å²) >= 11 is 0. The topological polar surface area (TPSA) is 47.3 Å². The Kier molecular flexibility index (Phi) is 4.67. The van der Waals surface area contributed by atoms with Gasteiger partial charge < -0.3 is 4.74 Å². The lowest BCUT2D eigenvalue weighted by Gasteiger charge is -2.22. The average Bonchev–Trinajstić information content (AvgIpc) is 2.71. The van der Waals surface area contributed by atoms with Gasteiger partial charge >= 0.3 is 0 Å². The van der Waals surface area contributed by atoms with Gasteiger partial charge in [0.05, 0.1) is 12.6 Å². The van der Waals surface area contributed by atoms with Crippen LogP contribution >= 0.6 is 0 Å². The van der Waals surface area contributed by atoms with Crippen molar-refractivity contribution in [3.05, 3.63) is 11.8 Å². The van der Waals surface area contributed by atoms with E-state index >= 15 is 0 Å². The largest absolute Gasteiger partial charge is 0.496 e. The van der Waals surface area contributed by atoms with Crippen molar-refractivity contribution in [3.63, 3.8) is 0 Å². The van der Waals surface area contributed by atoms with Crippen molar-refractivity contribution in [2.45, 2.75) is 57.4 Å². The lowest BCUT2D eigenvalue weighted by atomic mass is 9.92. The van der Waals surface area contributed by atoms with Crippen LogP contribution in [0.25, 0.3) is 0 Å². The highest BCUT2D eigenvalue weighted by Gasteiger charge is 2.22. The zero-order valence-corrected chi connectivity index (χ0v) is 10.1. The van der Waals surface area contributed by atoms with E-state index in [4.69, 9.17) is 10.6 Å². The molecule has 92 valence electrons. The Bertz CT molecular complexity index is 232. The molecule has 1 aliphatic carbocycles. The molecule has 0 aromatic carbocycles. The molecule has 0 radical (unpaired) electrons. The predicted octanol–water partition coefficient (Wildman–Crippen LogP) is 2.48. The molecular formula is C13H24N2O. The van der Waals surface area contributed by atoms with Gasteiger partial charge in [-0.05, 0) is 18.4 Å². The minimum Gasteiger partial charge on any atom is -0.496 e. The van der Waals surface area contributed by atoms with Crippen molar-refractivity contribution in [1.29, 1.82) is 0 Å². The van der Waals surface area contributed by atoms with E-state index in [-0.39, 0.29) is 6.04 Å². The highest BCUT2D eigenvalue weighted by atomic mass is 16.5. The van der Waals surface area contributed by atoms with Crippen LogP contribution in [0.2, 0.25) is 0 Å². The maximum absolute atomic E-state index is 5.64. The van der Waals surface area contributed by atoms with Crippen LogP contribution in [0.15, 0.2) is 11.8 Å². The van der Waals surface area contributed by atoms with Gasteiger partial charge in [0.25, 0.3) is 0 Å². The van der Waals surface area contributed by atoms with E-state index in [1.54, 1.807) is 0 Å². The highest BCUT2D eigenvalue weighted by molar-refractivity contribution is 5.07. The lowest BCUT2D eigenvalue weighted by Crippen LogP contribution is -2.38. The summed E-state index contributed by atoms with van der Waals surface area (Å²) in [5.41, 5.74) is 2.92. The van der Waals surface area contributed by atoms with Crippen LogP contribution in [0.1, 0.15) is 51.4 Å². The van der Waals surface area contributed by atoms with Crippen LogP contribution < -0.4 is 11.3 Å². The third kappa shape index (κ3) is 3.22. The summed E-state index contributed by atoms with van der Waals surface area (Å²) in [6, 6.07) is 0.241. The number of hydrazine groups is 1. The molecule has 0 aromatic rings.